The van der Waals surface area contributed by atoms with Gasteiger partial charge in [-0.15, -0.1) is 0 Å². The molecular weight excluding hydrogens is 460 g/mol. The lowest BCUT2D eigenvalue weighted by Crippen LogP contribution is -2.20. The molecule has 9 nitrogen and oxygen atoms in total. The average molecular weight is 485 g/mol. The van der Waals surface area contributed by atoms with Crippen molar-refractivity contribution in [3.05, 3.63) is 77.9 Å². The van der Waals surface area contributed by atoms with E-state index in [0.29, 0.717) is 5.75 Å². The highest BCUT2D eigenvalue weighted by Gasteiger charge is 2.25. The number of benzene rings is 3. The van der Waals surface area contributed by atoms with Crippen molar-refractivity contribution in [1.29, 1.82) is 0 Å². The molecule has 0 atom stereocenters. The maximum Gasteiger partial charge on any atom is 0.340 e. The Labute approximate surface area is 198 Å². The second-order valence-electron chi connectivity index (χ2n) is 6.88. The van der Waals surface area contributed by atoms with Crippen LogP contribution in [-0.4, -0.2) is 41.9 Å². The summed E-state index contributed by atoms with van der Waals surface area (Å²) < 4.78 is 47.1. The number of hydrazone groups is 1. The molecule has 0 aromatic heterocycles. The van der Waals surface area contributed by atoms with Crippen LogP contribution in [0.2, 0.25) is 0 Å². The molecule has 0 unspecified atom stereocenters. The SMILES string of the molecule is COc1cccc(CC(=O)NN=Cc2c(S(=O)(=O)Oc3ccccc3)ccc(OC)c2OC)c1. The van der Waals surface area contributed by atoms with Crippen LogP contribution in [0, 0.1) is 0 Å². The fourth-order valence-electron chi connectivity index (χ4n) is 3.10. The monoisotopic (exact) mass is 484 g/mol. The number of methoxy groups -OCH3 is 3. The Bertz CT molecular complexity index is 1280. The van der Waals surface area contributed by atoms with Crippen LogP contribution in [0.25, 0.3) is 0 Å². The third kappa shape index (κ3) is 6.04. The van der Waals surface area contributed by atoms with E-state index in [1.807, 2.05) is 0 Å². The Morgan fingerprint density at radius 2 is 1.65 bits per heavy atom. The minimum atomic E-state index is -4.26. The molecule has 3 aromatic carbocycles. The molecule has 0 spiro atoms. The molecule has 1 N–H and O–H groups in total. The number of para-hydroxylation sites is 1. The van der Waals surface area contributed by atoms with Crippen LogP contribution in [0.15, 0.2) is 76.7 Å². The van der Waals surface area contributed by atoms with Gasteiger partial charge in [-0.1, -0.05) is 30.3 Å². The molecule has 0 heterocycles. The maximum atomic E-state index is 13.0. The quantitative estimate of drug-likeness (QED) is 0.267. The van der Waals surface area contributed by atoms with Gasteiger partial charge < -0.3 is 18.4 Å². The van der Waals surface area contributed by atoms with Gasteiger partial charge in [-0.3, -0.25) is 4.79 Å². The van der Waals surface area contributed by atoms with Crippen LogP contribution < -0.4 is 23.8 Å². The third-order valence-electron chi connectivity index (χ3n) is 4.64. The first-order chi connectivity index (χ1) is 16.4. The highest BCUT2D eigenvalue weighted by molar-refractivity contribution is 7.87. The zero-order valence-corrected chi connectivity index (χ0v) is 19.7. The molecule has 34 heavy (non-hydrogen) atoms. The highest BCUT2D eigenvalue weighted by atomic mass is 32.2. The molecular formula is C24H24N2O7S. The minimum Gasteiger partial charge on any atom is -0.497 e. The molecule has 3 rings (SSSR count). The Morgan fingerprint density at radius 1 is 0.912 bits per heavy atom. The van der Waals surface area contributed by atoms with Gasteiger partial charge in [-0.05, 0) is 42.0 Å². The molecule has 0 saturated carbocycles. The van der Waals surface area contributed by atoms with Crippen molar-refractivity contribution >= 4 is 22.2 Å². The summed E-state index contributed by atoms with van der Waals surface area (Å²) in [6, 6.07) is 17.9. The van der Waals surface area contributed by atoms with Gasteiger partial charge in [0.25, 0.3) is 0 Å². The van der Waals surface area contributed by atoms with Crippen LogP contribution in [0.5, 0.6) is 23.0 Å². The lowest BCUT2D eigenvalue weighted by Gasteiger charge is -2.15. The van der Waals surface area contributed by atoms with E-state index >= 15 is 0 Å². The molecule has 0 aliphatic carbocycles. The molecule has 0 bridgehead atoms. The van der Waals surface area contributed by atoms with Gasteiger partial charge >= 0.3 is 10.1 Å². The molecule has 0 radical (unpaired) electrons. The first-order valence-electron chi connectivity index (χ1n) is 10.1. The van der Waals surface area contributed by atoms with Crippen LogP contribution in [0.4, 0.5) is 0 Å². The van der Waals surface area contributed by atoms with Crippen molar-refractivity contribution in [1.82, 2.24) is 5.43 Å². The summed E-state index contributed by atoms with van der Waals surface area (Å²) in [5.41, 5.74) is 3.17. The second kappa shape index (κ2) is 11.2. The molecule has 0 fully saturated rings. The lowest BCUT2D eigenvalue weighted by atomic mass is 10.1. The molecule has 3 aromatic rings. The first kappa shape index (κ1) is 24.6. The van der Waals surface area contributed by atoms with Gasteiger partial charge in [0, 0.05) is 0 Å². The van der Waals surface area contributed by atoms with Crippen LogP contribution in [0.3, 0.4) is 0 Å². The van der Waals surface area contributed by atoms with Gasteiger partial charge in [0.05, 0.1) is 39.5 Å². The fraction of sp³-hybridized carbons (Fsp3) is 0.167. The summed E-state index contributed by atoms with van der Waals surface area (Å²) in [6.07, 6.45) is 1.22. The first-order valence-corrected chi connectivity index (χ1v) is 11.5. The molecule has 10 heteroatoms. The lowest BCUT2D eigenvalue weighted by molar-refractivity contribution is -0.120. The van der Waals surface area contributed by atoms with E-state index in [1.165, 1.54) is 51.8 Å². The van der Waals surface area contributed by atoms with Crippen LogP contribution in [-0.2, 0) is 21.3 Å². The van der Waals surface area contributed by atoms with Crippen molar-refractivity contribution in [3.8, 4) is 23.0 Å². The fourth-order valence-corrected chi connectivity index (χ4v) is 4.20. The maximum absolute atomic E-state index is 13.0. The molecule has 0 saturated heterocycles. The summed E-state index contributed by atoms with van der Waals surface area (Å²) in [5.74, 6) is 0.766. The summed E-state index contributed by atoms with van der Waals surface area (Å²) in [7, 11) is 0.0640. The Hall–Kier alpha value is -4.05. The predicted octanol–water partition coefficient (Wildman–Crippen LogP) is 3.17. The number of carbonyl (C=O) groups excluding carboxylic acids is 1. The van der Waals surface area contributed by atoms with Gasteiger partial charge in [0.1, 0.15) is 16.4 Å². The average Bonchev–Trinajstić information content (AvgIpc) is 2.83. The number of nitrogens with zero attached hydrogens (tertiary/aromatic N) is 1. The predicted molar refractivity (Wildman–Crippen MR) is 126 cm³/mol. The van der Waals surface area contributed by atoms with Crippen LogP contribution in [0.1, 0.15) is 11.1 Å². The molecule has 0 aliphatic rings. The van der Waals surface area contributed by atoms with E-state index in [-0.39, 0.29) is 34.1 Å². The smallest absolute Gasteiger partial charge is 0.340 e. The second-order valence-corrected chi connectivity index (χ2v) is 8.40. The Morgan fingerprint density at radius 3 is 2.32 bits per heavy atom. The van der Waals surface area contributed by atoms with E-state index in [2.05, 4.69) is 10.5 Å². The van der Waals surface area contributed by atoms with E-state index in [1.54, 1.807) is 42.5 Å². The number of hydrogen-bond donors (Lipinski definition) is 1. The topological polar surface area (TPSA) is 113 Å². The normalized spacial score (nSPS) is 11.1. The van der Waals surface area contributed by atoms with Gasteiger partial charge in [-0.25, -0.2) is 5.43 Å². The van der Waals surface area contributed by atoms with Crippen molar-refractivity contribution in [2.45, 2.75) is 11.3 Å². The van der Waals surface area contributed by atoms with Crippen molar-refractivity contribution < 1.29 is 31.6 Å². The highest BCUT2D eigenvalue weighted by Crippen LogP contribution is 2.35. The van der Waals surface area contributed by atoms with Crippen molar-refractivity contribution in [2.75, 3.05) is 21.3 Å². The van der Waals surface area contributed by atoms with Crippen molar-refractivity contribution in [3.63, 3.8) is 0 Å². The van der Waals surface area contributed by atoms with Gasteiger partial charge in [0.15, 0.2) is 11.5 Å². The van der Waals surface area contributed by atoms with Crippen molar-refractivity contribution in [2.24, 2.45) is 5.10 Å². The third-order valence-corrected chi connectivity index (χ3v) is 5.95. The molecule has 178 valence electrons. The number of amides is 1. The van der Waals surface area contributed by atoms with E-state index in [4.69, 9.17) is 18.4 Å². The van der Waals surface area contributed by atoms with Crippen LogP contribution >= 0.6 is 0 Å². The number of rotatable bonds is 10. The number of ether oxygens (including phenoxy) is 3. The number of nitrogens with one attached hydrogen (secondary N) is 1. The minimum absolute atomic E-state index is 0.0477. The van der Waals surface area contributed by atoms with Gasteiger partial charge in [-0.2, -0.15) is 13.5 Å². The molecule has 1 amide bonds. The zero-order valence-electron chi connectivity index (χ0n) is 18.8. The molecule has 0 aliphatic heterocycles. The van der Waals surface area contributed by atoms with Gasteiger partial charge in [0.2, 0.25) is 5.91 Å². The number of hydrogen-bond acceptors (Lipinski definition) is 8. The van der Waals surface area contributed by atoms with E-state index in [9.17, 15) is 13.2 Å². The standard InChI is InChI=1S/C24H24N2O7S/c1-30-19-11-7-8-17(14-19)15-23(27)26-25-16-20-22(13-12-21(31-2)24(20)32-3)34(28,29)33-18-9-5-4-6-10-18/h4-14,16H,15H2,1-3H3,(H,26,27). The summed E-state index contributed by atoms with van der Waals surface area (Å²) in [4.78, 5) is 12.1. The summed E-state index contributed by atoms with van der Waals surface area (Å²) in [5, 5.41) is 3.93. The van der Waals surface area contributed by atoms with E-state index in [0.717, 1.165) is 5.56 Å². The summed E-state index contributed by atoms with van der Waals surface area (Å²) >= 11 is 0. The Kier molecular flexibility index (Phi) is 8.10. The zero-order chi connectivity index (χ0) is 24.6. The summed E-state index contributed by atoms with van der Waals surface area (Å²) in [6.45, 7) is 0. The largest absolute Gasteiger partial charge is 0.497 e. The number of carbonyl (C=O) groups is 1. The van der Waals surface area contributed by atoms with E-state index < -0.39 is 16.0 Å². The Balaban J connectivity index is 1.87.